The molecule has 2 aromatic heterocycles. The van der Waals surface area contributed by atoms with E-state index in [1.165, 1.54) is 50.1 Å². The molecule has 5 nitrogen and oxygen atoms in total. The summed E-state index contributed by atoms with van der Waals surface area (Å²) in [5, 5.41) is 2.30. The summed E-state index contributed by atoms with van der Waals surface area (Å²) in [6, 6.07) is 82.1. The van der Waals surface area contributed by atoms with Crippen LogP contribution in [0.15, 0.2) is 231 Å². The lowest BCUT2D eigenvalue weighted by Crippen LogP contribution is -2.26. The highest BCUT2D eigenvalue weighted by Crippen LogP contribution is 2.50. The fourth-order valence-electron chi connectivity index (χ4n) is 11.6. The fourth-order valence-corrected chi connectivity index (χ4v) is 11.6. The Morgan fingerprint density at radius 2 is 0.911 bits per heavy atom. The summed E-state index contributed by atoms with van der Waals surface area (Å²) in [4.78, 5) is 10.0. The lowest BCUT2D eigenvalue weighted by atomic mass is 9.77. The molecule has 1 aliphatic heterocycles. The van der Waals surface area contributed by atoms with Crippen LogP contribution in [0.2, 0.25) is 0 Å². The van der Waals surface area contributed by atoms with Crippen LogP contribution in [0.5, 0.6) is 11.5 Å². The van der Waals surface area contributed by atoms with E-state index in [2.05, 4.69) is 308 Å². The Bertz CT molecular complexity index is 4030. The number of anilines is 4. The Hall–Kier alpha value is -8.67. The second-order valence-corrected chi connectivity index (χ2v) is 24.7. The maximum atomic E-state index is 7.28. The van der Waals surface area contributed by atoms with E-state index in [9.17, 15) is 0 Å². The van der Waals surface area contributed by atoms with E-state index in [4.69, 9.17) is 9.72 Å². The highest BCUT2D eigenvalue weighted by molar-refractivity contribution is 6.10. The first-order valence-corrected chi connectivity index (χ1v) is 27.9. The van der Waals surface area contributed by atoms with E-state index in [0.717, 1.165) is 67.4 Å². The molecule has 0 radical (unpaired) electrons. The first kappa shape index (κ1) is 51.1. The van der Waals surface area contributed by atoms with Gasteiger partial charge in [-0.05, 0) is 139 Å². The van der Waals surface area contributed by atoms with Crippen LogP contribution in [0.4, 0.5) is 22.7 Å². The van der Waals surface area contributed by atoms with E-state index < -0.39 is 0 Å². The SMILES string of the molecule is CC(C)(C)c1ccnc(-n2c3ccc(-c4ccccc4)cc3c3ccc(Oc4cc(N5CN(c6cc(-c7ccccc7)cc(C(C)(C)c7ccccc7)c6)c6ccc(C(C)(C)C)cc65)cc(C(C)(C)c5ccccc5)c4)cc32)c1. The summed E-state index contributed by atoms with van der Waals surface area (Å²) >= 11 is 0. The monoisotopic (exact) mass is 1030 g/mol. The van der Waals surface area contributed by atoms with Gasteiger partial charge in [-0.25, -0.2) is 4.98 Å². The number of nitrogens with zero attached hydrogens (tertiary/aromatic N) is 4. The van der Waals surface area contributed by atoms with Gasteiger partial charge < -0.3 is 14.5 Å². The minimum absolute atomic E-state index is 0.0585. The van der Waals surface area contributed by atoms with Crippen LogP contribution in [-0.4, -0.2) is 16.2 Å². The van der Waals surface area contributed by atoms with Crippen LogP contribution in [0.3, 0.4) is 0 Å². The Kier molecular flexibility index (Phi) is 12.7. The predicted octanol–water partition coefficient (Wildman–Crippen LogP) is 19.8. The van der Waals surface area contributed by atoms with Gasteiger partial charge in [0.15, 0.2) is 0 Å². The van der Waals surface area contributed by atoms with Crippen molar-refractivity contribution in [2.45, 2.75) is 90.9 Å². The largest absolute Gasteiger partial charge is 0.457 e. The zero-order chi connectivity index (χ0) is 54.8. The van der Waals surface area contributed by atoms with Crippen molar-refractivity contribution in [2.24, 2.45) is 0 Å². The third-order valence-corrected chi connectivity index (χ3v) is 16.6. The number of pyridine rings is 1. The maximum absolute atomic E-state index is 7.28. The van der Waals surface area contributed by atoms with Crippen LogP contribution < -0.4 is 14.5 Å². The van der Waals surface area contributed by atoms with Gasteiger partial charge in [-0.2, -0.15) is 0 Å². The van der Waals surface area contributed by atoms with Gasteiger partial charge in [-0.3, -0.25) is 4.57 Å². The van der Waals surface area contributed by atoms with E-state index in [1.54, 1.807) is 0 Å². The Labute approximate surface area is 467 Å². The van der Waals surface area contributed by atoms with Crippen LogP contribution >= 0.6 is 0 Å². The standard InChI is InChI=1S/C74H70N4O/c1-71(2,3)56-32-36-67-69(45-56)77(49-76(67)60-40-53(51-25-17-12-18-26-51)39-58(42-60)73(7,8)54-27-19-13-20-28-54)61-43-59(74(9,10)55-29-21-14-22-30-55)44-63(47-61)79-62-33-34-64-65-41-52(50-23-15-11-16-24-50)31-35-66(65)78(68(64)48-62)70-46-57(37-38-75-70)72(4,5)6/h11-48H,49H2,1-10H3. The topological polar surface area (TPSA) is 33.5 Å². The molecule has 12 rings (SSSR count). The van der Waals surface area contributed by atoms with Crippen molar-refractivity contribution in [3.63, 3.8) is 0 Å². The van der Waals surface area contributed by atoms with Crippen molar-refractivity contribution < 1.29 is 4.74 Å². The third-order valence-electron chi connectivity index (χ3n) is 16.6. The predicted molar refractivity (Wildman–Crippen MR) is 333 cm³/mol. The molecule has 1 aliphatic rings. The summed E-state index contributed by atoms with van der Waals surface area (Å²) in [5.74, 6) is 2.39. The summed E-state index contributed by atoms with van der Waals surface area (Å²) in [5.41, 5.74) is 18.0. The van der Waals surface area contributed by atoms with E-state index in [0.29, 0.717) is 6.67 Å². The normalized spacial score (nSPS) is 13.1. The molecule has 3 heterocycles. The lowest BCUT2D eigenvalue weighted by Gasteiger charge is -2.30. The molecule has 0 atom stereocenters. The van der Waals surface area contributed by atoms with Crippen LogP contribution in [0.25, 0.3) is 49.9 Å². The molecule has 0 amide bonds. The van der Waals surface area contributed by atoms with Crippen molar-refractivity contribution in [3.8, 4) is 39.6 Å². The molecular weight excluding hydrogens is 961 g/mol. The van der Waals surface area contributed by atoms with Crippen molar-refractivity contribution in [2.75, 3.05) is 16.5 Å². The Balaban J connectivity index is 1.02. The molecule has 9 aromatic carbocycles. The molecule has 0 N–H and O–H groups in total. The highest BCUT2D eigenvalue weighted by atomic mass is 16.5. The molecule has 0 fully saturated rings. The van der Waals surface area contributed by atoms with Gasteiger partial charge in [0.05, 0.1) is 22.4 Å². The number of hydrogen-bond acceptors (Lipinski definition) is 4. The summed E-state index contributed by atoms with van der Waals surface area (Å²) in [6.07, 6.45) is 1.94. The molecule has 0 saturated heterocycles. The average Bonchev–Trinajstić information content (AvgIpc) is 4.03. The van der Waals surface area contributed by atoms with Crippen molar-refractivity contribution in [1.29, 1.82) is 0 Å². The molecule has 0 spiro atoms. The van der Waals surface area contributed by atoms with E-state index in [1.807, 2.05) is 6.20 Å². The summed E-state index contributed by atoms with van der Waals surface area (Å²) in [6.45, 7) is 23.6. The fraction of sp³-hybridized carbons (Fsp3) is 0.203. The molecule has 79 heavy (non-hydrogen) atoms. The van der Waals surface area contributed by atoms with Crippen LogP contribution in [-0.2, 0) is 21.7 Å². The average molecular weight is 1030 g/mol. The smallest absolute Gasteiger partial charge is 0.137 e. The quantitative estimate of drug-likeness (QED) is 0.129. The second-order valence-electron chi connectivity index (χ2n) is 24.7. The first-order chi connectivity index (χ1) is 37.9. The van der Waals surface area contributed by atoms with Crippen molar-refractivity contribution in [3.05, 3.63) is 264 Å². The first-order valence-electron chi connectivity index (χ1n) is 27.9. The molecule has 0 saturated carbocycles. The van der Waals surface area contributed by atoms with E-state index >= 15 is 0 Å². The number of benzene rings is 9. The number of aromatic nitrogens is 2. The minimum Gasteiger partial charge on any atom is -0.457 e. The Morgan fingerprint density at radius 3 is 1.53 bits per heavy atom. The van der Waals surface area contributed by atoms with Crippen LogP contribution in [0, 0.1) is 0 Å². The van der Waals surface area contributed by atoms with Crippen molar-refractivity contribution in [1.82, 2.24) is 9.55 Å². The van der Waals surface area contributed by atoms with Gasteiger partial charge in [0.1, 0.15) is 24.0 Å². The zero-order valence-corrected chi connectivity index (χ0v) is 47.3. The Morgan fingerprint density at radius 1 is 0.354 bits per heavy atom. The number of rotatable bonds is 11. The molecular formula is C74H70N4O. The highest BCUT2D eigenvalue weighted by Gasteiger charge is 2.34. The molecule has 5 heteroatoms. The van der Waals surface area contributed by atoms with Gasteiger partial charge in [-0.1, -0.05) is 209 Å². The van der Waals surface area contributed by atoms with Crippen LogP contribution in [0.1, 0.15) is 103 Å². The second kappa shape index (κ2) is 19.7. The number of ether oxygens (including phenoxy) is 1. The molecule has 392 valence electrons. The lowest BCUT2D eigenvalue weighted by molar-refractivity contribution is 0.480. The molecule has 0 aliphatic carbocycles. The number of hydrogen-bond donors (Lipinski definition) is 0. The molecule has 0 unspecified atom stereocenters. The molecule has 11 aromatic rings. The molecule has 0 bridgehead atoms. The summed E-state index contributed by atoms with van der Waals surface area (Å²) < 4.78 is 9.59. The maximum Gasteiger partial charge on any atom is 0.137 e. The van der Waals surface area contributed by atoms with Gasteiger partial charge in [-0.15, -0.1) is 0 Å². The van der Waals surface area contributed by atoms with Gasteiger partial charge in [0.2, 0.25) is 0 Å². The minimum atomic E-state index is -0.372. The third kappa shape index (κ3) is 9.67. The van der Waals surface area contributed by atoms with Gasteiger partial charge in [0, 0.05) is 51.3 Å². The van der Waals surface area contributed by atoms with Gasteiger partial charge in [0.25, 0.3) is 0 Å². The van der Waals surface area contributed by atoms with Crippen molar-refractivity contribution >= 4 is 44.6 Å². The number of fused-ring (bicyclic) bond motifs is 4. The van der Waals surface area contributed by atoms with E-state index in [-0.39, 0.29) is 21.7 Å². The summed E-state index contributed by atoms with van der Waals surface area (Å²) in [7, 11) is 0. The van der Waals surface area contributed by atoms with Gasteiger partial charge >= 0.3 is 0 Å². The zero-order valence-electron chi connectivity index (χ0n) is 47.3.